The summed E-state index contributed by atoms with van der Waals surface area (Å²) in [5.74, 6) is 0.206. The molecule has 4 heteroatoms. The molecule has 0 bridgehead atoms. The fourth-order valence-corrected chi connectivity index (χ4v) is 6.31. The first-order chi connectivity index (χ1) is 14.6. The van der Waals surface area contributed by atoms with Crippen molar-refractivity contribution in [2.75, 3.05) is 6.26 Å². The predicted molar refractivity (Wildman–Crippen MR) is 120 cm³/mol. The van der Waals surface area contributed by atoms with Gasteiger partial charge in [0.05, 0.1) is 0 Å². The normalized spacial score (nSPS) is 12.9. The Bertz CT molecular complexity index is 1040. The Labute approximate surface area is 177 Å². The number of hydrogen-bond donors (Lipinski definition) is 1. The van der Waals surface area contributed by atoms with Gasteiger partial charge in [0.25, 0.3) is 0 Å². The lowest BCUT2D eigenvalue weighted by molar-refractivity contribution is -0.0195. The Morgan fingerprint density at radius 1 is 0.667 bits per heavy atom. The van der Waals surface area contributed by atoms with E-state index in [1.54, 1.807) is 0 Å². The lowest BCUT2D eigenvalue weighted by atomic mass is 10.2. The molecule has 0 saturated carbocycles. The van der Waals surface area contributed by atoms with E-state index in [-0.39, 0.29) is 5.82 Å². The molecule has 0 saturated heterocycles. The van der Waals surface area contributed by atoms with Crippen LogP contribution in [0.25, 0.3) is 0 Å². The first-order valence-corrected chi connectivity index (χ1v) is 11.7. The van der Waals surface area contributed by atoms with Gasteiger partial charge in [-0.25, -0.2) is 4.39 Å². The van der Waals surface area contributed by atoms with E-state index in [0.717, 1.165) is 0 Å². The van der Waals surface area contributed by atoms with Gasteiger partial charge in [0.15, 0.2) is 0 Å². The Balaban J connectivity index is 1.64. The molecule has 4 aromatic rings. The molecule has 30 heavy (non-hydrogen) atoms. The predicted octanol–water partition coefficient (Wildman–Crippen LogP) is 6.81. The minimum atomic E-state index is -1.44. The van der Waals surface area contributed by atoms with Gasteiger partial charge in [0.2, 0.25) is 6.29 Å². The minimum absolute atomic E-state index is 0.348. The molecule has 0 radical (unpaired) electrons. The highest BCUT2D eigenvalue weighted by molar-refractivity contribution is 8.33. The fourth-order valence-electron chi connectivity index (χ4n) is 3.41. The average molecular weight is 419 g/mol. The van der Waals surface area contributed by atoms with Crippen molar-refractivity contribution >= 4 is 10.0 Å². The molecule has 0 aliphatic rings. The number of halogens is 1. The van der Waals surface area contributed by atoms with E-state index in [1.165, 1.54) is 39.0 Å². The molecule has 2 nitrogen and oxygen atoms in total. The van der Waals surface area contributed by atoms with Crippen molar-refractivity contribution in [1.82, 2.24) is 0 Å². The van der Waals surface area contributed by atoms with Crippen LogP contribution in [-0.4, -0.2) is 11.4 Å². The maximum Gasteiger partial charge on any atom is 0.224 e. The molecule has 0 aliphatic heterocycles. The lowest BCUT2D eigenvalue weighted by Crippen LogP contribution is -2.06. The number of ether oxygens (including phenoxy) is 1. The molecule has 1 atom stereocenters. The first-order valence-electron chi connectivity index (χ1n) is 9.66. The third kappa shape index (κ3) is 4.11. The zero-order valence-electron chi connectivity index (χ0n) is 16.6. The molecule has 0 heterocycles. The quantitative estimate of drug-likeness (QED) is 0.349. The van der Waals surface area contributed by atoms with Crippen molar-refractivity contribution in [1.29, 1.82) is 0 Å². The monoisotopic (exact) mass is 418 g/mol. The summed E-state index contributed by atoms with van der Waals surface area (Å²) >= 11 is 0. The van der Waals surface area contributed by atoms with Crippen LogP contribution in [0.3, 0.4) is 0 Å². The van der Waals surface area contributed by atoms with Gasteiger partial charge in [-0.1, -0.05) is 36.4 Å². The average Bonchev–Trinajstić information content (AvgIpc) is 2.80. The molecule has 1 unspecified atom stereocenters. The van der Waals surface area contributed by atoms with Crippen LogP contribution in [0.15, 0.2) is 124 Å². The van der Waals surface area contributed by atoms with E-state index in [2.05, 4.69) is 66.9 Å². The van der Waals surface area contributed by atoms with Gasteiger partial charge in [0, 0.05) is 5.56 Å². The summed E-state index contributed by atoms with van der Waals surface area (Å²) in [4.78, 5) is 3.75. The summed E-state index contributed by atoms with van der Waals surface area (Å²) in [6.07, 6.45) is 1.14. The minimum Gasteiger partial charge on any atom is -0.461 e. The molecule has 4 aromatic carbocycles. The number of aliphatic hydroxyl groups is 1. The number of aliphatic hydroxyl groups excluding tert-OH is 1. The van der Waals surface area contributed by atoms with E-state index in [9.17, 15) is 9.50 Å². The first kappa shape index (κ1) is 20.2. The number of hydrogen-bond acceptors (Lipinski definition) is 2. The molecule has 0 spiro atoms. The molecule has 4 rings (SSSR count). The van der Waals surface area contributed by atoms with Gasteiger partial charge in [-0.05, 0) is 93.7 Å². The maximum atomic E-state index is 13.1. The highest BCUT2D eigenvalue weighted by Crippen LogP contribution is 2.65. The second-order valence-electron chi connectivity index (χ2n) is 7.04. The van der Waals surface area contributed by atoms with Crippen LogP contribution >= 0.6 is 10.0 Å². The number of benzene rings is 4. The third-order valence-electron chi connectivity index (χ3n) is 5.13. The number of rotatable bonds is 6. The summed E-state index contributed by atoms with van der Waals surface area (Å²) in [7, 11) is -1.44. The van der Waals surface area contributed by atoms with Crippen LogP contribution in [0.2, 0.25) is 0 Å². The van der Waals surface area contributed by atoms with Crippen molar-refractivity contribution < 1.29 is 14.2 Å². The van der Waals surface area contributed by atoms with Crippen LogP contribution in [0.1, 0.15) is 11.9 Å². The standard InChI is InChI=1S/C26H23FO2S/c1-30(23-8-4-2-5-9-23,24-10-6-3-7-11-24)25-18-16-22(17-19-25)29-26(28)20-12-14-21(27)15-13-20/h2-19,26,28H,1H3. The van der Waals surface area contributed by atoms with E-state index < -0.39 is 16.3 Å². The zero-order valence-corrected chi connectivity index (χ0v) is 17.4. The summed E-state index contributed by atoms with van der Waals surface area (Å²) in [6, 6.07) is 34.5. The van der Waals surface area contributed by atoms with Gasteiger partial charge in [-0.15, -0.1) is 0 Å². The smallest absolute Gasteiger partial charge is 0.224 e. The molecular formula is C26H23FO2S. The largest absolute Gasteiger partial charge is 0.461 e. The SMILES string of the molecule is CS(c1ccccc1)(c1ccccc1)c1ccc(OC(O)c2ccc(F)cc2)cc1. The van der Waals surface area contributed by atoms with Crippen LogP contribution in [0, 0.1) is 5.82 Å². The molecule has 0 amide bonds. The topological polar surface area (TPSA) is 29.5 Å². The van der Waals surface area contributed by atoms with Gasteiger partial charge < -0.3 is 9.84 Å². The van der Waals surface area contributed by atoms with Crippen LogP contribution < -0.4 is 4.74 Å². The van der Waals surface area contributed by atoms with Crippen molar-refractivity contribution in [2.24, 2.45) is 0 Å². The Morgan fingerprint density at radius 3 is 1.63 bits per heavy atom. The Kier molecular flexibility index (Phi) is 5.88. The van der Waals surface area contributed by atoms with Crippen molar-refractivity contribution in [3.05, 3.63) is 121 Å². The Morgan fingerprint density at radius 2 is 1.13 bits per heavy atom. The van der Waals surface area contributed by atoms with E-state index >= 15 is 0 Å². The van der Waals surface area contributed by atoms with Crippen LogP contribution in [0.4, 0.5) is 4.39 Å². The highest BCUT2D eigenvalue weighted by atomic mass is 32.3. The lowest BCUT2D eigenvalue weighted by Gasteiger charge is -2.37. The van der Waals surface area contributed by atoms with E-state index in [1.807, 2.05) is 24.3 Å². The molecule has 0 fully saturated rings. The summed E-state index contributed by atoms with van der Waals surface area (Å²) < 4.78 is 18.8. The van der Waals surface area contributed by atoms with Crippen molar-refractivity contribution in [2.45, 2.75) is 21.0 Å². The molecule has 1 N–H and O–H groups in total. The second kappa shape index (κ2) is 8.74. The Hall–Kier alpha value is -3.08. The molecular weight excluding hydrogens is 395 g/mol. The fraction of sp³-hybridized carbons (Fsp3) is 0.0769. The third-order valence-corrected chi connectivity index (χ3v) is 8.77. The molecule has 0 aromatic heterocycles. The molecule has 152 valence electrons. The second-order valence-corrected chi connectivity index (χ2v) is 10.3. The van der Waals surface area contributed by atoms with Crippen LogP contribution in [-0.2, 0) is 0 Å². The van der Waals surface area contributed by atoms with E-state index in [0.29, 0.717) is 11.3 Å². The van der Waals surface area contributed by atoms with Gasteiger partial charge in [-0.3, -0.25) is 0 Å². The van der Waals surface area contributed by atoms with Crippen LogP contribution in [0.5, 0.6) is 5.75 Å². The van der Waals surface area contributed by atoms with Gasteiger partial charge in [-0.2, -0.15) is 10.0 Å². The highest BCUT2D eigenvalue weighted by Gasteiger charge is 2.25. The van der Waals surface area contributed by atoms with Gasteiger partial charge in [0.1, 0.15) is 11.6 Å². The van der Waals surface area contributed by atoms with Crippen molar-refractivity contribution in [3.8, 4) is 5.75 Å². The molecule has 0 aliphatic carbocycles. The van der Waals surface area contributed by atoms with Gasteiger partial charge >= 0.3 is 0 Å². The summed E-state index contributed by atoms with van der Waals surface area (Å²) in [5, 5.41) is 10.3. The zero-order chi connectivity index (χ0) is 21.0. The van der Waals surface area contributed by atoms with Crippen molar-refractivity contribution in [3.63, 3.8) is 0 Å². The summed E-state index contributed by atoms with van der Waals surface area (Å²) in [5.41, 5.74) is 0.504. The maximum absolute atomic E-state index is 13.1. The van der Waals surface area contributed by atoms with E-state index in [4.69, 9.17) is 4.74 Å². The summed E-state index contributed by atoms with van der Waals surface area (Å²) in [6.45, 7) is 0.